The van der Waals surface area contributed by atoms with Crippen LogP contribution < -0.4 is 4.89 Å². The zero-order valence-corrected chi connectivity index (χ0v) is 9.16. The molecule has 5 heteroatoms. The minimum Gasteiger partial charge on any atom is -0.304 e. The Hall–Kier alpha value is -1.17. The van der Waals surface area contributed by atoms with Gasteiger partial charge in [-0.3, -0.25) is 4.79 Å². The number of rotatable bonds is 4. The van der Waals surface area contributed by atoms with E-state index >= 15 is 0 Å². The van der Waals surface area contributed by atoms with Gasteiger partial charge in [-0.05, 0) is 12.1 Å². The number of nitrogens with one attached hydrogen (secondary N) is 1. The average molecular weight is 227 g/mol. The lowest BCUT2D eigenvalue weighted by atomic mass is 10.4. The second kappa shape index (κ2) is 5.06. The van der Waals surface area contributed by atoms with Gasteiger partial charge in [-0.25, -0.2) is 4.21 Å². The van der Waals surface area contributed by atoms with Crippen LogP contribution in [-0.4, -0.2) is 20.6 Å². The molecule has 0 bridgehead atoms. The number of carbonyl (C=O) groups excluding carboxylic acids is 1. The first-order chi connectivity index (χ1) is 7.12. The first-order valence-corrected chi connectivity index (χ1v) is 6.12. The molecule has 0 spiro atoms. The van der Waals surface area contributed by atoms with E-state index in [9.17, 15) is 9.00 Å². The maximum absolute atomic E-state index is 12.1. The second-order valence-corrected chi connectivity index (χ2v) is 5.03. The fourth-order valence-corrected chi connectivity index (χ4v) is 2.43. The molecular formula is C10H13NO3S. The van der Waals surface area contributed by atoms with E-state index in [-0.39, 0.29) is 12.2 Å². The minimum atomic E-state index is -2.99. The average Bonchev–Trinajstić information content (AvgIpc) is 2.30. The summed E-state index contributed by atoms with van der Waals surface area (Å²) in [5, 5.41) is 9.90. The summed E-state index contributed by atoms with van der Waals surface area (Å²) in [4.78, 5) is 13.3. The van der Waals surface area contributed by atoms with Gasteiger partial charge in [0.15, 0.2) is 5.78 Å². The van der Waals surface area contributed by atoms with Gasteiger partial charge in [-0.2, -0.15) is 0 Å². The van der Waals surface area contributed by atoms with E-state index in [1.54, 1.807) is 42.1 Å². The number of benzene rings is 1. The largest absolute Gasteiger partial charge is 0.304 e. The van der Waals surface area contributed by atoms with Gasteiger partial charge in [-0.1, -0.05) is 25.1 Å². The van der Waals surface area contributed by atoms with E-state index in [4.69, 9.17) is 5.21 Å². The molecule has 0 heterocycles. The molecule has 0 fully saturated rings. The Morgan fingerprint density at radius 2 is 2.07 bits per heavy atom. The quantitative estimate of drug-likeness (QED) is 0.596. The third-order valence-electron chi connectivity index (χ3n) is 1.87. The van der Waals surface area contributed by atoms with Crippen molar-refractivity contribution in [2.75, 3.05) is 0 Å². The lowest BCUT2D eigenvalue weighted by Gasteiger charge is -2.07. The Labute approximate surface area is 89.0 Å². The topological polar surface area (TPSA) is 66.4 Å². The molecule has 1 aromatic carbocycles. The van der Waals surface area contributed by atoms with Crippen molar-refractivity contribution in [1.82, 2.24) is 4.89 Å². The molecule has 0 aliphatic rings. The van der Waals surface area contributed by atoms with Gasteiger partial charge in [0.2, 0.25) is 0 Å². The van der Waals surface area contributed by atoms with Crippen molar-refractivity contribution in [3.8, 4) is 0 Å². The monoisotopic (exact) mass is 227 g/mol. The van der Waals surface area contributed by atoms with Crippen molar-refractivity contribution in [3.63, 3.8) is 0 Å². The Morgan fingerprint density at radius 3 is 2.53 bits per heavy atom. The van der Waals surface area contributed by atoms with Gasteiger partial charge in [-0.15, -0.1) is 4.89 Å². The van der Waals surface area contributed by atoms with Gasteiger partial charge in [0.1, 0.15) is 0 Å². The predicted molar refractivity (Wildman–Crippen MR) is 59.1 cm³/mol. The SMILES string of the molecule is CCC(=O)C=S(=O)(NO)c1ccccc1. The Bertz CT molecular complexity index is 447. The maximum atomic E-state index is 12.1. The highest BCUT2D eigenvalue weighted by Gasteiger charge is 2.10. The fourth-order valence-electron chi connectivity index (χ4n) is 1.04. The predicted octanol–water partition coefficient (Wildman–Crippen LogP) is 1.00. The van der Waals surface area contributed by atoms with E-state index in [1.165, 1.54) is 0 Å². The summed E-state index contributed by atoms with van der Waals surface area (Å²) >= 11 is 0. The lowest BCUT2D eigenvalue weighted by molar-refractivity contribution is -0.112. The Balaban J connectivity index is 3.24. The molecule has 1 aromatic rings. The van der Waals surface area contributed by atoms with Crippen LogP contribution in [0.3, 0.4) is 0 Å². The Kier molecular flexibility index (Phi) is 4.02. The summed E-state index contributed by atoms with van der Waals surface area (Å²) in [6, 6.07) is 8.32. The molecule has 1 atom stereocenters. The molecule has 1 rings (SSSR count). The van der Waals surface area contributed by atoms with Crippen molar-refractivity contribution in [3.05, 3.63) is 30.3 Å². The summed E-state index contributed by atoms with van der Waals surface area (Å²) in [6.07, 6.45) is 0.255. The molecule has 0 radical (unpaired) electrons. The second-order valence-electron chi connectivity index (χ2n) is 2.94. The van der Waals surface area contributed by atoms with Crippen LogP contribution in [0.1, 0.15) is 13.3 Å². The smallest absolute Gasteiger partial charge is 0.165 e. The van der Waals surface area contributed by atoms with Crippen LogP contribution in [-0.2, 0) is 14.5 Å². The number of hydrogen-bond donors (Lipinski definition) is 2. The molecular weight excluding hydrogens is 214 g/mol. The highest BCUT2D eigenvalue weighted by Crippen LogP contribution is 2.07. The normalized spacial score (nSPS) is 14.3. The van der Waals surface area contributed by atoms with E-state index < -0.39 is 9.71 Å². The molecule has 0 amide bonds. The first-order valence-electron chi connectivity index (χ1n) is 4.50. The van der Waals surface area contributed by atoms with Gasteiger partial charge >= 0.3 is 0 Å². The maximum Gasteiger partial charge on any atom is 0.165 e. The summed E-state index contributed by atoms with van der Waals surface area (Å²) < 4.78 is 12.1. The summed E-state index contributed by atoms with van der Waals surface area (Å²) in [5.74, 6) is -0.273. The van der Waals surface area contributed by atoms with E-state index in [1.807, 2.05) is 0 Å². The highest BCUT2D eigenvalue weighted by molar-refractivity contribution is 8.00. The zero-order valence-electron chi connectivity index (χ0n) is 8.34. The van der Waals surface area contributed by atoms with Gasteiger partial charge in [0.05, 0.1) is 15.1 Å². The summed E-state index contributed by atoms with van der Waals surface area (Å²) in [6.45, 7) is 1.67. The van der Waals surface area contributed by atoms with Crippen LogP contribution in [0.25, 0.3) is 0 Å². The van der Waals surface area contributed by atoms with Gasteiger partial charge in [0.25, 0.3) is 0 Å². The zero-order chi connectivity index (χ0) is 11.3. The number of Topliss-reactive ketones (excluding diaryl/α,β-unsaturated/α-hetero) is 1. The molecule has 0 saturated heterocycles. The fraction of sp³-hybridized carbons (Fsp3) is 0.200. The number of carbonyl (C=O) groups is 1. The van der Waals surface area contributed by atoms with Crippen molar-refractivity contribution in [2.45, 2.75) is 18.2 Å². The molecule has 0 aliphatic heterocycles. The van der Waals surface area contributed by atoms with Crippen molar-refractivity contribution in [2.24, 2.45) is 0 Å². The molecule has 15 heavy (non-hydrogen) atoms. The third-order valence-corrected chi connectivity index (χ3v) is 3.71. The molecule has 2 N–H and O–H groups in total. The molecule has 0 saturated carbocycles. The van der Waals surface area contributed by atoms with Gasteiger partial charge in [0, 0.05) is 11.3 Å². The third kappa shape index (κ3) is 2.89. The van der Waals surface area contributed by atoms with Crippen molar-refractivity contribution in [1.29, 1.82) is 0 Å². The van der Waals surface area contributed by atoms with E-state index in [0.717, 1.165) is 5.37 Å². The van der Waals surface area contributed by atoms with Crippen LogP contribution in [0.5, 0.6) is 0 Å². The van der Waals surface area contributed by atoms with Crippen LogP contribution >= 0.6 is 0 Å². The standard InChI is InChI=1S/C10H13NO3S/c1-2-9(12)8-15(14,11-13)10-6-4-3-5-7-10/h3-8,13H,2H2,1H3,(H,11,14). The van der Waals surface area contributed by atoms with Crippen molar-refractivity contribution < 1.29 is 14.2 Å². The summed E-state index contributed by atoms with van der Waals surface area (Å²) in [5.41, 5.74) is 0. The van der Waals surface area contributed by atoms with Crippen LogP contribution in [0.2, 0.25) is 0 Å². The minimum absolute atomic E-state index is 0.255. The molecule has 4 nitrogen and oxygen atoms in total. The first kappa shape index (κ1) is 11.9. The highest BCUT2D eigenvalue weighted by atomic mass is 32.2. The molecule has 1 unspecified atom stereocenters. The number of ketones is 1. The van der Waals surface area contributed by atoms with E-state index in [0.29, 0.717) is 4.90 Å². The molecule has 0 aromatic heterocycles. The molecule has 82 valence electrons. The lowest BCUT2D eigenvalue weighted by Crippen LogP contribution is -2.24. The van der Waals surface area contributed by atoms with Crippen LogP contribution in [0, 0.1) is 0 Å². The Morgan fingerprint density at radius 1 is 1.47 bits per heavy atom. The van der Waals surface area contributed by atoms with Crippen LogP contribution in [0.4, 0.5) is 0 Å². The van der Waals surface area contributed by atoms with Crippen LogP contribution in [0.15, 0.2) is 35.2 Å². The summed E-state index contributed by atoms with van der Waals surface area (Å²) in [7, 11) is -2.99. The van der Waals surface area contributed by atoms with Gasteiger partial charge < -0.3 is 5.21 Å². The van der Waals surface area contributed by atoms with Crippen molar-refractivity contribution >= 4 is 20.9 Å². The van der Waals surface area contributed by atoms with E-state index in [2.05, 4.69) is 0 Å². The molecule has 0 aliphatic carbocycles. The number of hydrogen-bond acceptors (Lipinski definition) is 3.